The summed E-state index contributed by atoms with van der Waals surface area (Å²) in [6.45, 7) is 37.5. The van der Waals surface area contributed by atoms with Crippen LogP contribution >= 0.6 is 11.3 Å². The molecule has 0 atom stereocenters. The second-order valence-corrected chi connectivity index (χ2v) is 13.6. The lowest BCUT2D eigenvalue weighted by Crippen LogP contribution is -2.34. The molecule has 2 heteroatoms. The standard InChI is InChI=1S/C12H22O.C12H16S.C7H14.C4H6.C3H6.2C2H6/c1-4-10-13-12(5-2)8-6-11(3)7-9-12;1-9-8-11(13-10(9)2)6-7-12(3,4)5;1-7-5-3-2-4-6-7;1-3-4-2;1-3-2;2*1-2/h5,11H,2,4,6-10H2,1,3H3;8H,1-5H3;7H,2-6H2,1H3;1H,4H2,2H3;3H,1H2,2H3;2*1-2H3. The smallest absolute Gasteiger partial charge is 0.0860 e. The van der Waals surface area contributed by atoms with Gasteiger partial charge in [-0.3, -0.25) is 0 Å². The first-order valence-electron chi connectivity index (χ1n) is 17.7. The maximum Gasteiger partial charge on any atom is 0.0860 e. The first-order valence-corrected chi connectivity index (χ1v) is 18.5. The molecule has 2 aliphatic carbocycles. The van der Waals surface area contributed by atoms with Gasteiger partial charge < -0.3 is 4.74 Å². The first-order chi connectivity index (χ1) is 20.8. The minimum atomic E-state index is 0.0164. The Balaban J connectivity index is -0.000000240. The molecule has 256 valence electrons. The van der Waals surface area contributed by atoms with Crippen molar-refractivity contribution in [3.05, 3.63) is 46.7 Å². The zero-order chi connectivity index (χ0) is 35.0. The van der Waals surface area contributed by atoms with E-state index in [0.717, 1.165) is 44.1 Å². The summed E-state index contributed by atoms with van der Waals surface area (Å²) in [5.74, 6) is 10.8. The number of aryl methyl sites for hydroxylation is 2. The van der Waals surface area contributed by atoms with Gasteiger partial charge in [0.05, 0.1) is 10.5 Å². The van der Waals surface area contributed by atoms with E-state index in [1.165, 1.54) is 60.3 Å². The SMILES string of the molecule is C#CCC.C=CC.C=CC1(OCCC)CCC(C)CC1.CC.CC.CC1CCCCC1.Cc1cc(C#CC(C)(C)C)sc1C. The average molecular weight is 629 g/mol. The van der Waals surface area contributed by atoms with Crippen molar-refractivity contribution in [2.24, 2.45) is 17.3 Å². The van der Waals surface area contributed by atoms with E-state index >= 15 is 0 Å². The molecule has 1 nitrogen and oxygen atoms in total. The van der Waals surface area contributed by atoms with Crippen molar-refractivity contribution < 1.29 is 4.74 Å². The van der Waals surface area contributed by atoms with E-state index in [0.29, 0.717) is 0 Å². The van der Waals surface area contributed by atoms with Gasteiger partial charge in [-0.15, -0.1) is 36.8 Å². The fourth-order valence-electron chi connectivity index (χ4n) is 4.15. The molecule has 0 N–H and O–H groups in total. The third-order valence-corrected chi connectivity index (χ3v) is 7.98. The minimum Gasteiger partial charge on any atom is -0.371 e. The summed E-state index contributed by atoms with van der Waals surface area (Å²) in [5, 5.41) is 0. The third kappa shape index (κ3) is 30.3. The highest BCUT2D eigenvalue weighted by Gasteiger charge is 2.31. The van der Waals surface area contributed by atoms with E-state index in [4.69, 9.17) is 11.2 Å². The van der Waals surface area contributed by atoms with Gasteiger partial charge in [-0.2, -0.15) is 0 Å². The summed E-state index contributed by atoms with van der Waals surface area (Å²) in [6.07, 6.45) is 22.8. The monoisotopic (exact) mass is 629 g/mol. The average Bonchev–Trinajstić information content (AvgIpc) is 3.36. The number of ether oxygens (including phenoxy) is 1. The number of hydrogen-bond donors (Lipinski definition) is 0. The van der Waals surface area contributed by atoms with Crippen LogP contribution in [0.3, 0.4) is 0 Å². The summed E-state index contributed by atoms with van der Waals surface area (Å²) in [4.78, 5) is 2.56. The maximum absolute atomic E-state index is 5.90. The molecule has 0 radical (unpaired) electrons. The molecule has 0 aromatic carbocycles. The molecule has 3 rings (SSSR count). The highest BCUT2D eigenvalue weighted by Crippen LogP contribution is 2.35. The Labute approximate surface area is 283 Å². The molecular weight excluding hydrogens is 553 g/mol. The van der Waals surface area contributed by atoms with Crippen LogP contribution in [0.2, 0.25) is 0 Å². The number of allylic oxidation sites excluding steroid dienone is 1. The van der Waals surface area contributed by atoms with Gasteiger partial charge in [0.2, 0.25) is 0 Å². The van der Waals surface area contributed by atoms with Crippen LogP contribution in [0.15, 0.2) is 31.4 Å². The molecule has 1 heterocycles. The first kappa shape index (κ1) is 49.1. The molecule has 0 unspecified atom stereocenters. The molecule has 2 aliphatic rings. The molecule has 0 spiro atoms. The molecule has 2 fully saturated rings. The van der Waals surface area contributed by atoms with E-state index in [9.17, 15) is 0 Å². The summed E-state index contributed by atoms with van der Waals surface area (Å²) in [6, 6.07) is 2.17. The van der Waals surface area contributed by atoms with Gasteiger partial charge in [0.15, 0.2) is 0 Å². The van der Waals surface area contributed by atoms with Gasteiger partial charge >= 0.3 is 0 Å². The Morgan fingerprint density at radius 3 is 1.70 bits per heavy atom. The lowest BCUT2D eigenvalue weighted by Gasteiger charge is -2.36. The minimum absolute atomic E-state index is 0.0164. The predicted molar refractivity (Wildman–Crippen MR) is 207 cm³/mol. The van der Waals surface area contributed by atoms with Crippen LogP contribution < -0.4 is 0 Å². The molecule has 1 aromatic heterocycles. The fraction of sp³-hybridized carbons (Fsp3) is 0.714. The Morgan fingerprint density at radius 1 is 0.955 bits per heavy atom. The summed E-state index contributed by atoms with van der Waals surface area (Å²) < 4.78 is 5.90. The van der Waals surface area contributed by atoms with E-state index < -0.39 is 0 Å². The molecule has 2 saturated carbocycles. The predicted octanol–water partition coefficient (Wildman–Crippen LogP) is 14.2. The third-order valence-electron chi connectivity index (χ3n) is 6.91. The largest absolute Gasteiger partial charge is 0.371 e. The number of thiophene rings is 1. The molecular formula is C42H76OS. The zero-order valence-electron chi connectivity index (χ0n) is 32.2. The second kappa shape index (κ2) is 32.6. The van der Waals surface area contributed by atoms with Gasteiger partial charge in [-0.05, 0) is 97.1 Å². The Kier molecular flexibility index (Phi) is 36.5. The number of rotatable bonds is 4. The normalized spacial score (nSPS) is 18.4. The Hall–Kier alpha value is -1.74. The topological polar surface area (TPSA) is 9.23 Å². The highest BCUT2D eigenvalue weighted by atomic mass is 32.1. The van der Waals surface area contributed by atoms with Gasteiger partial charge in [0.1, 0.15) is 0 Å². The van der Waals surface area contributed by atoms with Gasteiger partial charge in [0, 0.05) is 23.3 Å². The Bertz CT molecular complexity index is 841. The molecule has 1 aromatic rings. The quantitative estimate of drug-likeness (QED) is 0.238. The highest BCUT2D eigenvalue weighted by molar-refractivity contribution is 7.12. The lowest BCUT2D eigenvalue weighted by atomic mass is 9.79. The molecule has 0 amide bonds. The zero-order valence-corrected chi connectivity index (χ0v) is 33.0. The van der Waals surface area contributed by atoms with Gasteiger partial charge in [-0.1, -0.05) is 111 Å². The van der Waals surface area contributed by atoms with Crippen LogP contribution in [-0.4, -0.2) is 12.2 Å². The van der Waals surface area contributed by atoms with Crippen molar-refractivity contribution >= 4 is 11.3 Å². The lowest BCUT2D eigenvalue weighted by molar-refractivity contribution is -0.0404. The summed E-state index contributed by atoms with van der Waals surface area (Å²) >= 11 is 1.78. The molecule has 44 heavy (non-hydrogen) atoms. The van der Waals surface area contributed by atoms with E-state index in [1.807, 2.05) is 47.6 Å². The Morgan fingerprint density at radius 2 is 1.41 bits per heavy atom. The van der Waals surface area contributed by atoms with Crippen LogP contribution in [-0.2, 0) is 4.74 Å². The molecule has 0 bridgehead atoms. The van der Waals surface area contributed by atoms with Crippen molar-refractivity contribution in [2.45, 2.75) is 173 Å². The van der Waals surface area contributed by atoms with E-state index in [1.54, 1.807) is 17.4 Å². The van der Waals surface area contributed by atoms with Crippen LogP contribution in [0.1, 0.15) is 169 Å². The summed E-state index contributed by atoms with van der Waals surface area (Å²) in [5.41, 5.74) is 1.47. The van der Waals surface area contributed by atoms with Crippen LogP contribution in [0.5, 0.6) is 0 Å². The van der Waals surface area contributed by atoms with Crippen molar-refractivity contribution in [1.29, 1.82) is 0 Å². The van der Waals surface area contributed by atoms with Gasteiger partial charge in [-0.25, -0.2) is 0 Å². The van der Waals surface area contributed by atoms with E-state index in [2.05, 4.69) is 92.4 Å². The second-order valence-electron chi connectivity index (χ2n) is 12.4. The van der Waals surface area contributed by atoms with Crippen molar-refractivity contribution in [1.82, 2.24) is 0 Å². The van der Waals surface area contributed by atoms with Gasteiger partial charge in [0.25, 0.3) is 0 Å². The van der Waals surface area contributed by atoms with Crippen molar-refractivity contribution in [2.75, 3.05) is 6.61 Å². The van der Waals surface area contributed by atoms with Crippen molar-refractivity contribution in [3.63, 3.8) is 0 Å². The number of hydrogen-bond acceptors (Lipinski definition) is 2. The van der Waals surface area contributed by atoms with Crippen LogP contribution in [0.25, 0.3) is 0 Å². The maximum atomic E-state index is 5.90. The van der Waals surface area contributed by atoms with Crippen LogP contribution in [0.4, 0.5) is 0 Å². The van der Waals surface area contributed by atoms with Crippen molar-refractivity contribution in [3.8, 4) is 24.2 Å². The molecule has 0 aliphatic heterocycles. The van der Waals surface area contributed by atoms with Crippen LogP contribution in [0, 0.1) is 55.3 Å². The summed E-state index contributed by atoms with van der Waals surface area (Å²) in [7, 11) is 0. The number of terminal acetylenes is 1. The molecule has 0 saturated heterocycles. The van der Waals surface area contributed by atoms with E-state index in [-0.39, 0.29) is 11.0 Å². The fourth-order valence-corrected chi connectivity index (χ4v) is 5.04.